The highest BCUT2D eigenvalue weighted by Crippen LogP contribution is 2.24. The molecule has 2 N–H and O–H groups in total. The van der Waals surface area contributed by atoms with Crippen molar-refractivity contribution in [2.75, 3.05) is 0 Å². The zero-order chi connectivity index (χ0) is 14.7. The highest BCUT2D eigenvalue weighted by Gasteiger charge is 2.22. The van der Waals surface area contributed by atoms with Gasteiger partial charge in [0, 0.05) is 34.2 Å². The van der Waals surface area contributed by atoms with Crippen molar-refractivity contribution in [2.45, 2.75) is 0 Å². The van der Waals surface area contributed by atoms with Crippen LogP contribution in [0.1, 0.15) is 15.9 Å². The summed E-state index contributed by atoms with van der Waals surface area (Å²) in [5, 5.41) is 0. The monoisotopic (exact) mass is 338 g/mol. The lowest BCUT2D eigenvalue weighted by Gasteiger charge is -2.08. The van der Waals surface area contributed by atoms with Crippen LogP contribution in [0.15, 0.2) is 47.3 Å². The molecule has 0 aliphatic carbocycles. The molecule has 0 saturated heterocycles. The summed E-state index contributed by atoms with van der Waals surface area (Å²) in [4.78, 5) is 16.1. The first-order valence-corrected chi connectivity index (χ1v) is 6.35. The quantitative estimate of drug-likeness (QED) is 0.690. The third kappa shape index (κ3) is 2.75. The van der Waals surface area contributed by atoms with E-state index >= 15 is 0 Å². The number of halogens is 3. The number of ketones is 1. The Hall–Kier alpha value is -2.08. The Kier molecular flexibility index (Phi) is 4.24. The summed E-state index contributed by atoms with van der Waals surface area (Å²) >= 11 is 3.20. The summed E-state index contributed by atoms with van der Waals surface area (Å²) in [6.07, 6.45) is 3.92. The van der Waals surface area contributed by atoms with E-state index in [1.54, 1.807) is 6.07 Å². The minimum absolute atomic E-state index is 0.0252. The molecule has 0 saturated carbocycles. The van der Waals surface area contributed by atoms with Crippen LogP contribution >= 0.6 is 15.9 Å². The van der Waals surface area contributed by atoms with Crippen LogP contribution in [-0.4, -0.2) is 10.8 Å². The smallest absolute Gasteiger partial charge is 0.201 e. The molecule has 0 bridgehead atoms. The Morgan fingerprint density at radius 3 is 2.45 bits per heavy atom. The van der Waals surface area contributed by atoms with Crippen molar-refractivity contribution in [3.05, 3.63) is 70.1 Å². The first-order valence-electron chi connectivity index (χ1n) is 5.56. The van der Waals surface area contributed by atoms with E-state index in [1.807, 2.05) is 0 Å². The Balaban J connectivity index is 2.51. The number of nitrogens with zero attached hydrogens (tertiary/aromatic N) is 1. The largest absolute Gasteiger partial charge is 0.404 e. The van der Waals surface area contributed by atoms with Crippen LogP contribution < -0.4 is 5.73 Å². The van der Waals surface area contributed by atoms with Gasteiger partial charge in [-0.1, -0.05) is 6.07 Å². The first-order chi connectivity index (χ1) is 9.54. The maximum Gasteiger partial charge on any atom is 0.201 e. The molecule has 0 fully saturated rings. The molecule has 0 radical (unpaired) electrons. The number of hydrogen-bond donors (Lipinski definition) is 1. The second kappa shape index (κ2) is 5.92. The van der Waals surface area contributed by atoms with Gasteiger partial charge in [0.05, 0.1) is 5.56 Å². The Labute approximate surface area is 122 Å². The number of nitrogens with two attached hydrogens (primary N) is 1. The lowest BCUT2D eigenvalue weighted by Crippen LogP contribution is -2.10. The van der Waals surface area contributed by atoms with Crippen molar-refractivity contribution >= 4 is 27.3 Å². The fraction of sp³-hybridized carbons (Fsp3) is 0. The van der Waals surface area contributed by atoms with Gasteiger partial charge in [0.15, 0.2) is 0 Å². The van der Waals surface area contributed by atoms with Crippen LogP contribution in [0.4, 0.5) is 8.78 Å². The van der Waals surface area contributed by atoms with Crippen LogP contribution in [0.2, 0.25) is 0 Å². The third-order valence-corrected chi connectivity index (χ3v) is 3.05. The molecule has 0 aliphatic rings. The van der Waals surface area contributed by atoms with Crippen LogP contribution in [-0.2, 0) is 0 Å². The molecule has 1 aromatic carbocycles. The summed E-state index contributed by atoms with van der Waals surface area (Å²) < 4.78 is 27.9. The van der Waals surface area contributed by atoms with Gasteiger partial charge in [-0.2, -0.15) is 0 Å². The third-order valence-electron chi connectivity index (χ3n) is 2.62. The van der Waals surface area contributed by atoms with Crippen molar-refractivity contribution in [2.24, 2.45) is 5.73 Å². The normalized spacial score (nSPS) is 11.4. The van der Waals surface area contributed by atoms with Crippen molar-refractivity contribution in [3.8, 4) is 0 Å². The number of carbonyl (C=O) groups excluding carboxylic acids is 1. The van der Waals surface area contributed by atoms with Crippen LogP contribution in [0.25, 0.3) is 5.57 Å². The van der Waals surface area contributed by atoms with Crippen molar-refractivity contribution in [3.63, 3.8) is 0 Å². The number of carbonyl (C=O) groups is 1. The second-order valence-electron chi connectivity index (χ2n) is 3.90. The Bertz CT molecular complexity index is 681. The van der Waals surface area contributed by atoms with E-state index < -0.39 is 23.0 Å². The zero-order valence-corrected chi connectivity index (χ0v) is 11.7. The number of aromatic nitrogens is 1. The SMILES string of the molecule is N/C=C(/C(=O)c1c(F)cccc1F)c1cncc(Br)c1. The number of hydrogen-bond acceptors (Lipinski definition) is 3. The van der Waals surface area contributed by atoms with E-state index in [0.717, 1.165) is 18.3 Å². The molecule has 1 aromatic heterocycles. The maximum absolute atomic E-state index is 13.6. The van der Waals surface area contributed by atoms with E-state index in [9.17, 15) is 13.6 Å². The van der Waals surface area contributed by atoms with Gasteiger partial charge in [-0.3, -0.25) is 9.78 Å². The summed E-state index contributed by atoms with van der Waals surface area (Å²) in [6.45, 7) is 0. The van der Waals surface area contributed by atoms with Crippen LogP contribution in [0, 0.1) is 11.6 Å². The molecule has 3 nitrogen and oxygen atoms in total. The van der Waals surface area contributed by atoms with Gasteiger partial charge in [-0.15, -0.1) is 0 Å². The molecule has 0 aliphatic heterocycles. The van der Waals surface area contributed by atoms with Gasteiger partial charge in [-0.05, 0) is 34.1 Å². The fourth-order valence-corrected chi connectivity index (χ4v) is 2.08. The topological polar surface area (TPSA) is 56.0 Å². The zero-order valence-electron chi connectivity index (χ0n) is 10.1. The number of pyridine rings is 1. The van der Waals surface area contributed by atoms with Gasteiger partial charge in [0.2, 0.25) is 5.78 Å². The van der Waals surface area contributed by atoms with E-state index in [-0.39, 0.29) is 5.57 Å². The highest BCUT2D eigenvalue weighted by molar-refractivity contribution is 9.10. The molecule has 6 heteroatoms. The molecule has 0 atom stereocenters. The van der Waals surface area contributed by atoms with Crippen molar-refractivity contribution < 1.29 is 13.6 Å². The summed E-state index contributed by atoms with van der Waals surface area (Å²) in [6, 6.07) is 4.81. The minimum atomic E-state index is -0.933. The fourth-order valence-electron chi connectivity index (χ4n) is 1.71. The lowest BCUT2D eigenvalue weighted by atomic mass is 9.98. The van der Waals surface area contributed by atoms with Crippen LogP contribution in [0.5, 0.6) is 0 Å². The lowest BCUT2D eigenvalue weighted by molar-refractivity contribution is 0.104. The summed E-state index contributed by atoms with van der Waals surface area (Å²) in [7, 11) is 0. The molecule has 2 rings (SSSR count). The predicted molar refractivity (Wildman–Crippen MR) is 74.8 cm³/mol. The number of rotatable bonds is 3. The van der Waals surface area contributed by atoms with Gasteiger partial charge in [0.1, 0.15) is 11.6 Å². The molecule has 102 valence electrons. The second-order valence-corrected chi connectivity index (χ2v) is 4.81. The molecular formula is C14H9BrF2N2O. The van der Waals surface area contributed by atoms with E-state index in [1.165, 1.54) is 18.5 Å². The van der Waals surface area contributed by atoms with Gasteiger partial charge in [0.25, 0.3) is 0 Å². The average Bonchev–Trinajstić information content (AvgIpc) is 2.39. The van der Waals surface area contributed by atoms with Crippen molar-refractivity contribution in [1.29, 1.82) is 0 Å². The van der Waals surface area contributed by atoms with Gasteiger partial charge in [-0.25, -0.2) is 8.78 Å². The molecule has 0 amide bonds. The Morgan fingerprint density at radius 1 is 1.25 bits per heavy atom. The molecule has 20 heavy (non-hydrogen) atoms. The molecular weight excluding hydrogens is 330 g/mol. The number of allylic oxidation sites excluding steroid dienone is 1. The molecule has 2 aromatic rings. The Morgan fingerprint density at radius 2 is 1.90 bits per heavy atom. The van der Waals surface area contributed by atoms with Gasteiger partial charge >= 0.3 is 0 Å². The molecule has 1 heterocycles. The number of benzene rings is 1. The average molecular weight is 339 g/mol. The number of Topliss-reactive ketones (excluding diaryl/α,β-unsaturated/α-hetero) is 1. The molecule has 0 spiro atoms. The standard InChI is InChI=1S/C14H9BrF2N2O/c15-9-4-8(6-19-7-9)10(5-18)14(20)13-11(16)2-1-3-12(13)17/h1-7H,18H2/b10-5+. The molecule has 0 unspecified atom stereocenters. The maximum atomic E-state index is 13.6. The summed E-state index contributed by atoms with van der Waals surface area (Å²) in [5.74, 6) is -2.70. The highest BCUT2D eigenvalue weighted by atomic mass is 79.9. The first kappa shape index (κ1) is 14.3. The summed E-state index contributed by atoms with van der Waals surface area (Å²) in [5.41, 5.74) is 5.13. The predicted octanol–water partition coefficient (Wildman–Crippen LogP) is 3.30. The van der Waals surface area contributed by atoms with E-state index in [0.29, 0.717) is 10.0 Å². The van der Waals surface area contributed by atoms with E-state index in [4.69, 9.17) is 5.73 Å². The van der Waals surface area contributed by atoms with Crippen LogP contribution in [0.3, 0.4) is 0 Å². The minimum Gasteiger partial charge on any atom is -0.404 e. The van der Waals surface area contributed by atoms with Gasteiger partial charge < -0.3 is 5.73 Å². The van der Waals surface area contributed by atoms with Crippen molar-refractivity contribution in [1.82, 2.24) is 4.98 Å². The van der Waals surface area contributed by atoms with E-state index in [2.05, 4.69) is 20.9 Å².